The number of hydrogen-bond donors (Lipinski definition) is 2. The van der Waals surface area contributed by atoms with E-state index in [-0.39, 0.29) is 5.75 Å². The second kappa shape index (κ2) is 5.78. The Morgan fingerprint density at radius 2 is 1.91 bits per heavy atom. The molecule has 1 aromatic carbocycles. The van der Waals surface area contributed by atoms with Crippen molar-refractivity contribution < 1.29 is 5.11 Å². The number of phenols is 1. The largest absolute Gasteiger partial charge is 0.507 e. The third-order valence-electron chi connectivity index (χ3n) is 4.44. The molecule has 0 saturated heterocycles. The van der Waals surface area contributed by atoms with Crippen LogP contribution < -0.4 is 5.32 Å². The van der Waals surface area contributed by atoms with Gasteiger partial charge in [-0.25, -0.2) is 4.98 Å². The number of nitrogens with one attached hydrogen (secondary N) is 1. The predicted octanol–water partition coefficient (Wildman–Crippen LogP) is 4.71. The van der Waals surface area contributed by atoms with Crippen molar-refractivity contribution in [3.05, 3.63) is 47.6 Å². The van der Waals surface area contributed by atoms with E-state index in [9.17, 15) is 5.11 Å². The smallest absolute Gasteiger partial charge is 0.139 e. The van der Waals surface area contributed by atoms with Crippen LogP contribution in [0.15, 0.2) is 42.6 Å². The van der Waals surface area contributed by atoms with Gasteiger partial charge >= 0.3 is 0 Å². The van der Waals surface area contributed by atoms with Crippen LogP contribution in [0, 0.1) is 0 Å². The maximum Gasteiger partial charge on any atom is 0.139 e. The fraction of sp³-hybridized carbons (Fsp3) is 0.278. The minimum Gasteiger partial charge on any atom is -0.507 e. The van der Waals surface area contributed by atoms with Crippen molar-refractivity contribution in [1.82, 2.24) is 9.38 Å². The lowest BCUT2D eigenvalue weighted by atomic mass is 10.1. The highest BCUT2D eigenvalue weighted by Gasteiger charge is 2.21. The van der Waals surface area contributed by atoms with Crippen LogP contribution >= 0.6 is 11.6 Å². The summed E-state index contributed by atoms with van der Waals surface area (Å²) in [5, 5.41) is 14.5. The van der Waals surface area contributed by atoms with E-state index < -0.39 is 0 Å². The summed E-state index contributed by atoms with van der Waals surface area (Å²) in [5.74, 6) is 1.13. The number of nitrogens with zero attached hydrogens (tertiary/aromatic N) is 2. The molecule has 3 aromatic rings. The highest BCUT2D eigenvalue weighted by Crippen LogP contribution is 2.36. The number of benzene rings is 1. The van der Waals surface area contributed by atoms with E-state index in [0.29, 0.717) is 11.1 Å². The van der Waals surface area contributed by atoms with E-state index in [0.717, 1.165) is 35.6 Å². The molecule has 0 spiro atoms. The molecule has 23 heavy (non-hydrogen) atoms. The zero-order chi connectivity index (χ0) is 15.8. The average molecular weight is 328 g/mol. The molecular formula is C18H18ClN3O. The van der Waals surface area contributed by atoms with Crippen LogP contribution in [0.25, 0.3) is 16.9 Å². The summed E-state index contributed by atoms with van der Waals surface area (Å²) < 4.78 is 1.97. The number of hydrogen-bond acceptors (Lipinski definition) is 3. The van der Waals surface area contributed by atoms with Crippen molar-refractivity contribution in [1.29, 1.82) is 0 Å². The Morgan fingerprint density at radius 1 is 1.13 bits per heavy atom. The molecule has 0 bridgehead atoms. The zero-order valence-corrected chi connectivity index (χ0v) is 13.4. The summed E-state index contributed by atoms with van der Waals surface area (Å²) in [4.78, 5) is 4.71. The van der Waals surface area contributed by atoms with E-state index >= 15 is 0 Å². The SMILES string of the molecule is Oc1ccccc1-c1nc2ccc(Cl)cn2c1NC1CCCC1. The van der Waals surface area contributed by atoms with E-state index in [1.54, 1.807) is 6.07 Å². The zero-order valence-electron chi connectivity index (χ0n) is 12.7. The van der Waals surface area contributed by atoms with Gasteiger partial charge in [-0.15, -0.1) is 0 Å². The van der Waals surface area contributed by atoms with Gasteiger partial charge in [0.15, 0.2) is 0 Å². The fourth-order valence-corrected chi connectivity index (χ4v) is 3.44. The third-order valence-corrected chi connectivity index (χ3v) is 4.66. The van der Waals surface area contributed by atoms with Crippen LogP contribution in [0.4, 0.5) is 5.82 Å². The molecule has 1 fully saturated rings. The number of para-hydroxylation sites is 1. The first-order chi connectivity index (χ1) is 11.2. The van der Waals surface area contributed by atoms with Crippen molar-refractivity contribution in [2.75, 3.05) is 5.32 Å². The van der Waals surface area contributed by atoms with Gasteiger partial charge < -0.3 is 10.4 Å². The van der Waals surface area contributed by atoms with Gasteiger partial charge in [0.25, 0.3) is 0 Å². The molecule has 0 atom stereocenters. The Balaban J connectivity index is 1.90. The Labute approximate surface area is 139 Å². The number of rotatable bonds is 3. The number of fused-ring (bicyclic) bond motifs is 1. The topological polar surface area (TPSA) is 49.6 Å². The van der Waals surface area contributed by atoms with Gasteiger partial charge in [-0.05, 0) is 37.1 Å². The Morgan fingerprint density at radius 3 is 2.70 bits per heavy atom. The van der Waals surface area contributed by atoms with E-state index in [2.05, 4.69) is 5.32 Å². The summed E-state index contributed by atoms with van der Waals surface area (Å²) in [5.41, 5.74) is 2.30. The highest BCUT2D eigenvalue weighted by atomic mass is 35.5. The van der Waals surface area contributed by atoms with Gasteiger partial charge in [-0.1, -0.05) is 36.6 Å². The van der Waals surface area contributed by atoms with Crippen molar-refractivity contribution in [3.8, 4) is 17.0 Å². The lowest BCUT2D eigenvalue weighted by Gasteiger charge is -2.15. The first kappa shape index (κ1) is 14.4. The molecule has 0 amide bonds. The van der Waals surface area contributed by atoms with Crippen molar-refractivity contribution >= 4 is 23.1 Å². The van der Waals surface area contributed by atoms with Crippen molar-refractivity contribution in [2.45, 2.75) is 31.7 Å². The first-order valence-corrected chi connectivity index (χ1v) is 8.33. The minimum absolute atomic E-state index is 0.233. The lowest BCUT2D eigenvalue weighted by Crippen LogP contribution is -2.16. The molecule has 4 nitrogen and oxygen atoms in total. The third kappa shape index (κ3) is 2.63. The Bertz CT molecular complexity index is 853. The van der Waals surface area contributed by atoms with Gasteiger partial charge in [-0.3, -0.25) is 4.40 Å². The van der Waals surface area contributed by atoms with Crippen LogP contribution in [0.1, 0.15) is 25.7 Å². The minimum atomic E-state index is 0.233. The summed E-state index contributed by atoms with van der Waals surface area (Å²) in [7, 11) is 0. The standard InChI is InChI=1S/C18H18ClN3O/c19-12-9-10-16-21-17(14-7-3-4-8-15(14)23)18(22(16)11-12)20-13-5-1-2-6-13/h3-4,7-11,13,20,23H,1-2,5-6H2. The summed E-state index contributed by atoms with van der Waals surface area (Å²) in [6.07, 6.45) is 6.69. The molecule has 5 heteroatoms. The summed E-state index contributed by atoms with van der Waals surface area (Å²) >= 11 is 6.17. The number of imidazole rings is 1. The molecule has 1 saturated carbocycles. The average Bonchev–Trinajstić information content (AvgIpc) is 3.17. The number of phenolic OH excluding ortho intramolecular Hbond substituents is 1. The lowest BCUT2D eigenvalue weighted by molar-refractivity contribution is 0.477. The number of aromatic hydroxyl groups is 1. The maximum atomic E-state index is 10.2. The summed E-state index contributed by atoms with van der Waals surface area (Å²) in [6, 6.07) is 11.5. The van der Waals surface area contributed by atoms with Crippen molar-refractivity contribution in [2.24, 2.45) is 0 Å². The van der Waals surface area contributed by atoms with Crippen LogP contribution in [0.5, 0.6) is 5.75 Å². The van der Waals surface area contributed by atoms with Crippen LogP contribution in [-0.4, -0.2) is 20.5 Å². The Hall–Kier alpha value is -2.20. The number of pyridine rings is 1. The quantitative estimate of drug-likeness (QED) is 0.732. The molecule has 0 aliphatic heterocycles. The first-order valence-electron chi connectivity index (χ1n) is 7.95. The number of halogens is 1. The summed E-state index contributed by atoms with van der Waals surface area (Å²) in [6.45, 7) is 0. The van der Waals surface area contributed by atoms with Crippen molar-refractivity contribution in [3.63, 3.8) is 0 Å². The van der Waals surface area contributed by atoms with Gasteiger partial charge in [0, 0.05) is 17.8 Å². The number of anilines is 1. The molecule has 4 rings (SSSR count). The molecule has 2 heterocycles. The fourth-order valence-electron chi connectivity index (χ4n) is 3.28. The molecule has 1 aliphatic carbocycles. The van der Waals surface area contributed by atoms with Gasteiger partial charge in [0.1, 0.15) is 22.9 Å². The van der Waals surface area contributed by atoms with E-state index in [1.807, 2.05) is 40.9 Å². The molecule has 2 N–H and O–H groups in total. The molecule has 118 valence electrons. The maximum absolute atomic E-state index is 10.2. The monoisotopic (exact) mass is 327 g/mol. The normalized spacial score (nSPS) is 15.3. The van der Waals surface area contributed by atoms with Crippen LogP contribution in [0.2, 0.25) is 5.02 Å². The van der Waals surface area contributed by atoms with Crippen LogP contribution in [-0.2, 0) is 0 Å². The molecular weight excluding hydrogens is 310 g/mol. The van der Waals surface area contributed by atoms with Gasteiger partial charge in [-0.2, -0.15) is 0 Å². The predicted molar refractivity (Wildman–Crippen MR) is 93.2 cm³/mol. The molecule has 2 aromatic heterocycles. The second-order valence-corrected chi connectivity index (χ2v) is 6.46. The molecule has 1 aliphatic rings. The molecule has 0 radical (unpaired) electrons. The van der Waals surface area contributed by atoms with E-state index in [4.69, 9.17) is 16.6 Å². The highest BCUT2D eigenvalue weighted by molar-refractivity contribution is 6.30. The van der Waals surface area contributed by atoms with E-state index in [1.165, 1.54) is 12.8 Å². The van der Waals surface area contributed by atoms with Gasteiger partial charge in [0.2, 0.25) is 0 Å². The molecule has 0 unspecified atom stereocenters. The van der Waals surface area contributed by atoms with Gasteiger partial charge in [0.05, 0.1) is 5.02 Å². The van der Waals surface area contributed by atoms with Crippen LogP contribution in [0.3, 0.4) is 0 Å². The Kier molecular flexibility index (Phi) is 3.62. The number of aromatic nitrogens is 2. The second-order valence-electron chi connectivity index (χ2n) is 6.03.